The fourth-order valence-electron chi connectivity index (χ4n) is 3.88. The highest BCUT2D eigenvalue weighted by molar-refractivity contribution is 7.20. The maximum absolute atomic E-state index is 13.1. The van der Waals surface area contributed by atoms with E-state index >= 15 is 0 Å². The van der Waals surface area contributed by atoms with Crippen molar-refractivity contribution >= 4 is 27.5 Å². The molecule has 3 aromatic carbocycles. The van der Waals surface area contributed by atoms with Gasteiger partial charge < -0.3 is 19.1 Å². The van der Waals surface area contributed by atoms with Gasteiger partial charge in [0.1, 0.15) is 23.4 Å². The van der Waals surface area contributed by atoms with Crippen LogP contribution in [0.5, 0.6) is 22.4 Å². The van der Waals surface area contributed by atoms with E-state index in [-0.39, 0.29) is 12.0 Å². The van der Waals surface area contributed by atoms with Gasteiger partial charge in [0.05, 0.1) is 17.3 Å². The van der Waals surface area contributed by atoms with Gasteiger partial charge >= 0.3 is 0 Å². The summed E-state index contributed by atoms with van der Waals surface area (Å²) in [6.07, 6.45) is 1.58. The van der Waals surface area contributed by atoms with Gasteiger partial charge in [-0.05, 0) is 42.5 Å². The third-order valence-corrected chi connectivity index (χ3v) is 6.56. The van der Waals surface area contributed by atoms with Crippen molar-refractivity contribution in [2.75, 3.05) is 20.2 Å². The molecule has 0 atom stereocenters. The Morgan fingerprint density at radius 1 is 0.939 bits per heavy atom. The number of ether oxygens (including phenoxy) is 3. The van der Waals surface area contributed by atoms with Crippen LogP contribution in [-0.2, 0) is 0 Å². The first-order valence-electron chi connectivity index (χ1n) is 10.9. The van der Waals surface area contributed by atoms with Gasteiger partial charge in [0.15, 0.2) is 0 Å². The predicted molar refractivity (Wildman–Crippen MR) is 129 cm³/mol. The largest absolute Gasteiger partial charge is 0.497 e. The molecule has 168 valence electrons. The molecule has 0 spiro atoms. The summed E-state index contributed by atoms with van der Waals surface area (Å²) < 4.78 is 18.4. The zero-order valence-corrected chi connectivity index (χ0v) is 19.1. The van der Waals surface area contributed by atoms with E-state index < -0.39 is 0 Å². The summed E-state index contributed by atoms with van der Waals surface area (Å²) in [5.41, 5.74) is 1.50. The minimum absolute atomic E-state index is 0.0130. The fourth-order valence-corrected chi connectivity index (χ4v) is 4.74. The van der Waals surface area contributed by atoms with Crippen molar-refractivity contribution in [2.45, 2.75) is 18.9 Å². The quantitative estimate of drug-likeness (QED) is 0.365. The molecule has 1 saturated heterocycles. The number of hydrogen-bond donors (Lipinski definition) is 0. The lowest BCUT2D eigenvalue weighted by Crippen LogP contribution is -2.41. The number of aromatic nitrogens is 1. The van der Waals surface area contributed by atoms with Crippen LogP contribution in [0, 0.1) is 0 Å². The number of hydrogen-bond acceptors (Lipinski definition) is 6. The van der Waals surface area contributed by atoms with Gasteiger partial charge in [-0.1, -0.05) is 35.6 Å². The first kappa shape index (κ1) is 21.3. The molecule has 0 aliphatic carbocycles. The van der Waals surface area contributed by atoms with Gasteiger partial charge in [-0.2, -0.15) is 0 Å². The van der Waals surface area contributed by atoms with E-state index in [0.29, 0.717) is 29.6 Å². The summed E-state index contributed by atoms with van der Waals surface area (Å²) in [4.78, 5) is 19.5. The first-order chi connectivity index (χ1) is 16.2. The maximum atomic E-state index is 13.1. The number of para-hydroxylation sites is 1. The topological polar surface area (TPSA) is 60.9 Å². The molecule has 1 aliphatic rings. The molecule has 7 heteroatoms. The molecule has 33 heavy (non-hydrogen) atoms. The van der Waals surface area contributed by atoms with Crippen molar-refractivity contribution in [1.29, 1.82) is 0 Å². The van der Waals surface area contributed by atoms with E-state index in [1.54, 1.807) is 13.2 Å². The van der Waals surface area contributed by atoms with E-state index in [9.17, 15) is 4.79 Å². The van der Waals surface area contributed by atoms with Crippen LogP contribution in [0.2, 0.25) is 0 Å². The summed E-state index contributed by atoms with van der Waals surface area (Å²) in [7, 11) is 1.65. The van der Waals surface area contributed by atoms with Gasteiger partial charge in [0, 0.05) is 37.6 Å². The Bertz CT molecular complexity index is 1250. The third-order valence-electron chi connectivity index (χ3n) is 5.63. The van der Waals surface area contributed by atoms with Crippen LogP contribution in [0.1, 0.15) is 23.2 Å². The smallest absolute Gasteiger partial charge is 0.274 e. The molecule has 1 aliphatic heterocycles. The number of fused-ring (bicyclic) bond motifs is 1. The SMILES string of the molecule is COc1ccc2sc(OC3CCN(C(=O)c4cccc(Oc5ccccc5)c4)CC3)nc2c1. The van der Waals surface area contributed by atoms with Crippen LogP contribution >= 0.6 is 11.3 Å². The fraction of sp³-hybridized carbons (Fsp3) is 0.231. The minimum atomic E-state index is 0.0130. The maximum Gasteiger partial charge on any atom is 0.274 e. The number of rotatable bonds is 6. The molecule has 0 radical (unpaired) electrons. The monoisotopic (exact) mass is 460 g/mol. The Labute approximate surface area is 196 Å². The van der Waals surface area contributed by atoms with Gasteiger partial charge in [-0.15, -0.1) is 0 Å². The lowest BCUT2D eigenvalue weighted by atomic mass is 10.1. The number of likely N-dealkylation sites (tertiary alicyclic amines) is 1. The molecule has 1 amide bonds. The highest BCUT2D eigenvalue weighted by atomic mass is 32.1. The highest BCUT2D eigenvalue weighted by Gasteiger charge is 2.25. The summed E-state index contributed by atoms with van der Waals surface area (Å²) in [6.45, 7) is 1.29. The van der Waals surface area contributed by atoms with E-state index in [1.807, 2.05) is 71.6 Å². The van der Waals surface area contributed by atoms with Crippen LogP contribution in [0.3, 0.4) is 0 Å². The molecule has 1 aromatic heterocycles. The van der Waals surface area contributed by atoms with Crippen LogP contribution in [-0.4, -0.2) is 42.1 Å². The standard InChI is InChI=1S/C26H24N2O4S/c1-30-21-10-11-24-23(17-21)27-26(33-24)32-20-12-14-28(15-13-20)25(29)18-6-5-9-22(16-18)31-19-7-3-2-4-8-19/h2-11,16-17,20H,12-15H2,1H3. The Hall–Kier alpha value is -3.58. The number of methoxy groups -OCH3 is 1. The van der Waals surface area contributed by atoms with Gasteiger partial charge in [-0.25, -0.2) is 4.98 Å². The number of nitrogens with zero attached hydrogens (tertiary/aromatic N) is 2. The van der Waals surface area contributed by atoms with E-state index in [2.05, 4.69) is 4.98 Å². The molecule has 6 nitrogen and oxygen atoms in total. The van der Waals surface area contributed by atoms with Crippen molar-refractivity contribution in [3.05, 3.63) is 78.4 Å². The molecular weight excluding hydrogens is 436 g/mol. The number of thiazole rings is 1. The number of carbonyl (C=O) groups is 1. The van der Waals surface area contributed by atoms with E-state index in [0.717, 1.165) is 34.6 Å². The van der Waals surface area contributed by atoms with Crippen molar-refractivity contribution in [1.82, 2.24) is 9.88 Å². The second kappa shape index (κ2) is 9.50. The molecule has 0 N–H and O–H groups in total. The number of piperidine rings is 1. The zero-order chi connectivity index (χ0) is 22.6. The Kier molecular flexibility index (Phi) is 6.13. The molecule has 5 rings (SSSR count). The van der Waals surface area contributed by atoms with Crippen molar-refractivity contribution < 1.29 is 19.0 Å². The lowest BCUT2D eigenvalue weighted by Gasteiger charge is -2.31. The molecule has 2 heterocycles. The Morgan fingerprint density at radius 3 is 2.52 bits per heavy atom. The highest BCUT2D eigenvalue weighted by Crippen LogP contribution is 2.32. The van der Waals surface area contributed by atoms with Crippen LogP contribution in [0.15, 0.2) is 72.8 Å². The summed E-state index contributed by atoms with van der Waals surface area (Å²) in [5.74, 6) is 2.19. The molecule has 4 aromatic rings. The van der Waals surface area contributed by atoms with E-state index in [1.165, 1.54) is 11.3 Å². The minimum Gasteiger partial charge on any atom is -0.497 e. The van der Waals surface area contributed by atoms with Crippen LogP contribution in [0.25, 0.3) is 10.2 Å². The number of carbonyl (C=O) groups excluding carboxylic acids is 1. The van der Waals surface area contributed by atoms with Crippen LogP contribution in [0.4, 0.5) is 0 Å². The normalized spacial score (nSPS) is 14.3. The van der Waals surface area contributed by atoms with Gasteiger partial charge in [0.2, 0.25) is 0 Å². The first-order valence-corrected chi connectivity index (χ1v) is 11.7. The molecule has 0 unspecified atom stereocenters. The van der Waals surface area contributed by atoms with Crippen molar-refractivity contribution in [3.8, 4) is 22.4 Å². The predicted octanol–water partition coefficient (Wildman–Crippen LogP) is 5.78. The molecule has 0 saturated carbocycles. The summed E-state index contributed by atoms with van der Waals surface area (Å²) in [6, 6.07) is 22.7. The number of benzene rings is 3. The summed E-state index contributed by atoms with van der Waals surface area (Å²) >= 11 is 1.53. The second-order valence-electron chi connectivity index (χ2n) is 7.87. The molecule has 0 bridgehead atoms. The van der Waals surface area contributed by atoms with Crippen LogP contribution < -0.4 is 14.2 Å². The Morgan fingerprint density at radius 2 is 1.73 bits per heavy atom. The Balaban J connectivity index is 1.19. The van der Waals surface area contributed by atoms with Crippen molar-refractivity contribution in [2.24, 2.45) is 0 Å². The average molecular weight is 461 g/mol. The molecule has 1 fully saturated rings. The van der Waals surface area contributed by atoms with Gasteiger partial charge in [0.25, 0.3) is 11.1 Å². The number of amides is 1. The average Bonchev–Trinajstić information content (AvgIpc) is 3.26. The molecular formula is C26H24N2O4S. The zero-order valence-electron chi connectivity index (χ0n) is 18.3. The summed E-state index contributed by atoms with van der Waals surface area (Å²) in [5, 5.41) is 0.661. The second-order valence-corrected chi connectivity index (χ2v) is 8.86. The van der Waals surface area contributed by atoms with E-state index in [4.69, 9.17) is 14.2 Å². The van der Waals surface area contributed by atoms with Gasteiger partial charge in [-0.3, -0.25) is 4.79 Å². The lowest BCUT2D eigenvalue weighted by molar-refractivity contribution is 0.0595. The third kappa shape index (κ3) is 4.93. The van der Waals surface area contributed by atoms with Crippen molar-refractivity contribution in [3.63, 3.8) is 0 Å².